The summed E-state index contributed by atoms with van der Waals surface area (Å²) in [5.41, 5.74) is 1.64. The summed E-state index contributed by atoms with van der Waals surface area (Å²) in [6.07, 6.45) is 6.19. The fourth-order valence-electron chi connectivity index (χ4n) is 1.03. The van der Waals surface area contributed by atoms with Crippen molar-refractivity contribution in [2.24, 2.45) is 4.99 Å². The number of hydrogen-bond acceptors (Lipinski definition) is 3. The Morgan fingerprint density at radius 3 is 3.10 bits per heavy atom. The number of rotatable bonds is 1. The fraction of sp³-hybridized carbons (Fsp3) is 0.143. The van der Waals surface area contributed by atoms with Crippen LogP contribution in [-0.2, 0) is 4.79 Å². The van der Waals surface area contributed by atoms with Crippen LogP contribution in [0.2, 0.25) is 0 Å². The van der Waals surface area contributed by atoms with E-state index >= 15 is 0 Å². The lowest BCUT2D eigenvalue weighted by atomic mass is 9.99. The van der Waals surface area contributed by atoms with E-state index in [1.807, 2.05) is 6.08 Å². The third kappa shape index (κ3) is 0.543. The van der Waals surface area contributed by atoms with Gasteiger partial charge in [-0.15, -0.1) is 0 Å². The maximum absolute atomic E-state index is 10.3. The van der Waals surface area contributed by atoms with E-state index in [2.05, 4.69) is 10.3 Å². The summed E-state index contributed by atoms with van der Waals surface area (Å²) in [6, 6.07) is 0.140. The van der Waals surface area contributed by atoms with E-state index in [1.54, 1.807) is 12.4 Å². The molecule has 0 saturated heterocycles. The number of dihydropyridines is 1. The van der Waals surface area contributed by atoms with Gasteiger partial charge in [0.05, 0.1) is 11.7 Å². The quantitative estimate of drug-likeness (QED) is 0.513. The highest BCUT2D eigenvalue weighted by molar-refractivity contribution is 5.95. The van der Waals surface area contributed by atoms with Crippen LogP contribution in [0.3, 0.4) is 0 Å². The molecule has 0 spiro atoms. The number of fused-ring (bicyclic) bond motifs is 1. The third-order valence-corrected chi connectivity index (χ3v) is 1.64. The molecule has 2 aliphatic rings. The number of nitrogens with one attached hydrogen (secondary N) is 1. The molecule has 1 atom stereocenters. The number of aliphatic imine (C=N–C) groups is 1. The minimum absolute atomic E-state index is 0.140. The summed E-state index contributed by atoms with van der Waals surface area (Å²) in [5, 5.41) is 2.84. The van der Waals surface area contributed by atoms with Gasteiger partial charge in [-0.05, 0) is 12.3 Å². The van der Waals surface area contributed by atoms with Crippen LogP contribution >= 0.6 is 0 Å². The summed E-state index contributed by atoms with van der Waals surface area (Å²) in [6.45, 7) is 0. The van der Waals surface area contributed by atoms with E-state index in [0.29, 0.717) is 5.70 Å². The third-order valence-electron chi connectivity index (χ3n) is 1.64. The van der Waals surface area contributed by atoms with Crippen LogP contribution in [-0.4, -0.2) is 18.5 Å². The van der Waals surface area contributed by atoms with E-state index < -0.39 is 0 Å². The van der Waals surface area contributed by atoms with Gasteiger partial charge in [0, 0.05) is 11.8 Å². The molecular weight excluding hydrogens is 128 g/mol. The summed E-state index contributed by atoms with van der Waals surface area (Å²) >= 11 is 0. The predicted molar refractivity (Wildman–Crippen MR) is 37.6 cm³/mol. The van der Waals surface area contributed by atoms with E-state index in [-0.39, 0.29) is 6.04 Å². The van der Waals surface area contributed by atoms with Gasteiger partial charge in [0.15, 0.2) is 6.29 Å². The Bertz CT molecular complexity index is 263. The van der Waals surface area contributed by atoms with Crippen molar-refractivity contribution in [2.75, 3.05) is 0 Å². The molecular formula is C7H6N2O. The van der Waals surface area contributed by atoms with Crippen LogP contribution in [0.4, 0.5) is 0 Å². The highest BCUT2D eigenvalue weighted by Gasteiger charge is 2.22. The first-order valence-electron chi connectivity index (χ1n) is 3.07. The topological polar surface area (TPSA) is 41.5 Å². The molecule has 2 heterocycles. The summed E-state index contributed by atoms with van der Waals surface area (Å²) < 4.78 is 0. The molecule has 1 N–H and O–H groups in total. The van der Waals surface area contributed by atoms with Crippen LogP contribution in [0.5, 0.6) is 0 Å². The molecule has 0 bridgehead atoms. The molecule has 0 fully saturated rings. The first-order valence-corrected chi connectivity index (χ1v) is 3.07. The first-order chi connectivity index (χ1) is 4.92. The first kappa shape index (κ1) is 5.41. The smallest absolute Gasteiger partial charge is 0.166 e. The Morgan fingerprint density at radius 1 is 1.70 bits per heavy atom. The van der Waals surface area contributed by atoms with Gasteiger partial charge < -0.3 is 5.32 Å². The summed E-state index contributed by atoms with van der Waals surface area (Å²) in [5.74, 6) is 0. The van der Waals surface area contributed by atoms with Gasteiger partial charge in [0.25, 0.3) is 0 Å². The van der Waals surface area contributed by atoms with Crippen molar-refractivity contribution in [1.29, 1.82) is 0 Å². The lowest BCUT2D eigenvalue weighted by Gasteiger charge is -2.23. The largest absolute Gasteiger partial charge is 0.359 e. The van der Waals surface area contributed by atoms with Gasteiger partial charge in [0.1, 0.15) is 0 Å². The second-order valence-electron chi connectivity index (χ2n) is 2.21. The normalized spacial score (nSPS) is 27.0. The monoisotopic (exact) mass is 134 g/mol. The lowest BCUT2D eigenvalue weighted by Crippen LogP contribution is -2.28. The van der Waals surface area contributed by atoms with Crippen LogP contribution in [0.1, 0.15) is 0 Å². The van der Waals surface area contributed by atoms with Crippen LogP contribution in [0.15, 0.2) is 28.5 Å². The number of aldehydes is 1. The molecule has 0 saturated carbocycles. The maximum Gasteiger partial charge on any atom is 0.166 e. The Morgan fingerprint density at radius 2 is 2.60 bits per heavy atom. The molecule has 1 unspecified atom stereocenters. The van der Waals surface area contributed by atoms with Crippen molar-refractivity contribution in [3.05, 3.63) is 23.5 Å². The number of carbonyl (C=O) groups excluding carboxylic acids is 1. The highest BCUT2D eigenvalue weighted by Crippen LogP contribution is 2.20. The molecule has 0 amide bonds. The van der Waals surface area contributed by atoms with E-state index in [9.17, 15) is 4.79 Å². The van der Waals surface area contributed by atoms with Gasteiger partial charge in [-0.25, -0.2) is 0 Å². The Kier molecular flexibility index (Phi) is 0.974. The second kappa shape index (κ2) is 1.80. The molecule has 0 aromatic rings. The number of hydrogen-bond donors (Lipinski definition) is 1. The number of carbonyl (C=O) groups is 1. The van der Waals surface area contributed by atoms with Crippen molar-refractivity contribution in [3.63, 3.8) is 0 Å². The second-order valence-corrected chi connectivity index (χ2v) is 2.21. The molecule has 0 radical (unpaired) electrons. The zero-order valence-electron chi connectivity index (χ0n) is 5.24. The highest BCUT2D eigenvalue weighted by atomic mass is 16.1. The molecule has 0 aliphatic carbocycles. The number of allylic oxidation sites excluding steroid dienone is 1. The molecule has 0 aromatic heterocycles. The standard InChI is InChI=1S/C7H6N2O/c10-4-7-5-3-9-6(5)1-2-8-7/h1-4,6,8H. The molecule has 10 heavy (non-hydrogen) atoms. The Labute approximate surface area is 58.1 Å². The Hall–Kier alpha value is -1.38. The van der Waals surface area contributed by atoms with Gasteiger partial charge in [-0.1, -0.05) is 0 Å². The Balaban J connectivity index is 2.41. The zero-order valence-corrected chi connectivity index (χ0v) is 5.24. The zero-order chi connectivity index (χ0) is 6.97. The molecule has 0 aromatic carbocycles. The fourth-order valence-corrected chi connectivity index (χ4v) is 1.03. The van der Waals surface area contributed by atoms with Crippen LogP contribution in [0.25, 0.3) is 0 Å². The van der Waals surface area contributed by atoms with E-state index in [1.165, 1.54) is 0 Å². The van der Waals surface area contributed by atoms with Crippen molar-refractivity contribution in [3.8, 4) is 0 Å². The molecule has 2 aliphatic heterocycles. The number of nitrogens with zero attached hydrogens (tertiary/aromatic N) is 1. The SMILES string of the molecule is O=CC1=C2C=NC2C=CN1. The molecule has 2 rings (SSSR count). The lowest BCUT2D eigenvalue weighted by molar-refractivity contribution is -0.105. The minimum atomic E-state index is 0.140. The van der Waals surface area contributed by atoms with Gasteiger partial charge in [0.2, 0.25) is 0 Å². The average molecular weight is 134 g/mol. The average Bonchev–Trinajstić information content (AvgIpc) is 1.91. The molecule has 3 heteroatoms. The van der Waals surface area contributed by atoms with Gasteiger partial charge in [-0.3, -0.25) is 9.79 Å². The summed E-state index contributed by atoms with van der Waals surface area (Å²) in [7, 11) is 0. The van der Waals surface area contributed by atoms with Crippen LogP contribution in [0, 0.1) is 0 Å². The van der Waals surface area contributed by atoms with Crippen molar-refractivity contribution in [2.45, 2.75) is 6.04 Å². The predicted octanol–water partition coefficient (Wildman–Crippen LogP) is 0.00930. The van der Waals surface area contributed by atoms with Gasteiger partial charge >= 0.3 is 0 Å². The van der Waals surface area contributed by atoms with Crippen molar-refractivity contribution in [1.82, 2.24) is 5.32 Å². The minimum Gasteiger partial charge on any atom is -0.359 e. The van der Waals surface area contributed by atoms with E-state index in [4.69, 9.17) is 0 Å². The summed E-state index contributed by atoms with van der Waals surface area (Å²) in [4.78, 5) is 14.4. The van der Waals surface area contributed by atoms with E-state index in [0.717, 1.165) is 11.9 Å². The van der Waals surface area contributed by atoms with Crippen LogP contribution < -0.4 is 5.32 Å². The van der Waals surface area contributed by atoms with Crippen molar-refractivity contribution >= 4 is 12.5 Å². The maximum atomic E-state index is 10.3. The molecule has 50 valence electrons. The van der Waals surface area contributed by atoms with Crippen molar-refractivity contribution < 1.29 is 4.79 Å². The molecule has 3 nitrogen and oxygen atoms in total. The van der Waals surface area contributed by atoms with Gasteiger partial charge in [-0.2, -0.15) is 0 Å².